The van der Waals surface area contributed by atoms with Gasteiger partial charge in [-0.1, -0.05) is 56.3 Å². The van der Waals surface area contributed by atoms with E-state index in [0.29, 0.717) is 12.3 Å². The maximum atomic E-state index is 11.1. The Bertz CT molecular complexity index is 681. The highest BCUT2D eigenvalue weighted by molar-refractivity contribution is 5.72. The summed E-state index contributed by atoms with van der Waals surface area (Å²) in [6.07, 6.45) is 1.47. The SMILES string of the molecule is COC(=O)C(C)Cc1ccccc1O.Cc1ccccc1CC(C)CO. The number of hydrogen-bond acceptors (Lipinski definition) is 4. The molecule has 0 spiro atoms. The van der Waals surface area contributed by atoms with Gasteiger partial charge in [0.2, 0.25) is 0 Å². The fraction of sp³-hybridized carbons (Fsp3) is 0.409. The summed E-state index contributed by atoms with van der Waals surface area (Å²) >= 11 is 0. The molecule has 0 fully saturated rings. The lowest BCUT2D eigenvalue weighted by molar-refractivity contribution is -0.144. The van der Waals surface area contributed by atoms with E-state index < -0.39 is 0 Å². The van der Waals surface area contributed by atoms with Crippen LogP contribution in [0.1, 0.15) is 30.5 Å². The Morgan fingerprint density at radius 1 is 1.00 bits per heavy atom. The normalized spacial score (nSPS) is 12.5. The number of hydrogen-bond donors (Lipinski definition) is 2. The first-order valence-corrected chi connectivity index (χ1v) is 8.89. The van der Waals surface area contributed by atoms with Crippen LogP contribution in [0.2, 0.25) is 0 Å². The summed E-state index contributed by atoms with van der Waals surface area (Å²) in [5, 5.41) is 18.3. The van der Waals surface area contributed by atoms with Crippen molar-refractivity contribution in [3.05, 3.63) is 65.2 Å². The zero-order valence-electron chi connectivity index (χ0n) is 16.1. The van der Waals surface area contributed by atoms with Crippen LogP contribution in [-0.2, 0) is 22.4 Å². The Labute approximate surface area is 156 Å². The van der Waals surface area contributed by atoms with Crippen molar-refractivity contribution in [3.63, 3.8) is 0 Å². The second kappa shape index (κ2) is 11.3. The van der Waals surface area contributed by atoms with E-state index in [1.54, 1.807) is 25.1 Å². The molecule has 0 aromatic heterocycles. The van der Waals surface area contributed by atoms with Crippen LogP contribution in [0.15, 0.2) is 48.5 Å². The van der Waals surface area contributed by atoms with Gasteiger partial charge in [0.1, 0.15) is 5.75 Å². The summed E-state index contributed by atoms with van der Waals surface area (Å²) in [4.78, 5) is 11.1. The molecule has 0 radical (unpaired) electrons. The van der Waals surface area contributed by atoms with Crippen LogP contribution in [0.4, 0.5) is 0 Å². The number of phenols is 1. The molecule has 26 heavy (non-hydrogen) atoms. The quantitative estimate of drug-likeness (QED) is 0.768. The number of benzene rings is 2. The highest BCUT2D eigenvalue weighted by atomic mass is 16.5. The number of carbonyl (C=O) groups excluding carboxylic acids is 1. The smallest absolute Gasteiger partial charge is 0.308 e. The average Bonchev–Trinajstić information content (AvgIpc) is 2.65. The predicted molar refractivity (Wildman–Crippen MR) is 104 cm³/mol. The summed E-state index contributed by atoms with van der Waals surface area (Å²) in [6.45, 7) is 6.22. The van der Waals surface area contributed by atoms with E-state index in [4.69, 9.17) is 5.11 Å². The number of carbonyl (C=O) groups is 1. The molecular weight excluding hydrogens is 328 g/mol. The molecule has 4 nitrogen and oxygen atoms in total. The summed E-state index contributed by atoms with van der Waals surface area (Å²) < 4.78 is 4.60. The molecule has 4 heteroatoms. The molecule has 0 saturated carbocycles. The van der Waals surface area contributed by atoms with Crippen LogP contribution in [0.3, 0.4) is 0 Å². The number of aromatic hydroxyl groups is 1. The first-order chi connectivity index (χ1) is 12.4. The molecule has 0 amide bonds. The molecule has 0 aliphatic heterocycles. The third-order valence-electron chi connectivity index (χ3n) is 4.26. The Balaban J connectivity index is 0.000000263. The van der Waals surface area contributed by atoms with Crippen molar-refractivity contribution in [2.75, 3.05) is 13.7 Å². The van der Waals surface area contributed by atoms with E-state index >= 15 is 0 Å². The third-order valence-corrected chi connectivity index (χ3v) is 4.26. The number of rotatable bonds is 6. The minimum atomic E-state index is -0.256. The highest BCUT2D eigenvalue weighted by Crippen LogP contribution is 2.19. The van der Waals surface area contributed by atoms with Gasteiger partial charge in [0.05, 0.1) is 13.0 Å². The summed E-state index contributed by atoms with van der Waals surface area (Å²) in [7, 11) is 1.36. The number of aliphatic hydroxyl groups is 1. The van der Waals surface area contributed by atoms with Crippen molar-refractivity contribution < 1.29 is 19.7 Å². The van der Waals surface area contributed by atoms with Crippen molar-refractivity contribution in [1.29, 1.82) is 0 Å². The molecule has 2 unspecified atom stereocenters. The summed E-state index contributed by atoms with van der Waals surface area (Å²) in [6, 6.07) is 15.3. The third kappa shape index (κ3) is 7.28. The van der Waals surface area contributed by atoms with E-state index in [0.717, 1.165) is 12.0 Å². The van der Waals surface area contributed by atoms with Crippen molar-refractivity contribution in [3.8, 4) is 5.75 Å². The summed E-state index contributed by atoms with van der Waals surface area (Å²) in [5.74, 6) is 0.107. The average molecular weight is 358 g/mol. The number of esters is 1. The van der Waals surface area contributed by atoms with Gasteiger partial charge < -0.3 is 14.9 Å². The van der Waals surface area contributed by atoms with Crippen LogP contribution in [-0.4, -0.2) is 29.9 Å². The standard InChI is InChI=1S/C11H14O3.C11H16O/c1-8(11(13)14-2)7-9-5-3-4-6-10(9)12;1-9(8-12)7-11-6-4-3-5-10(11)2/h3-6,8,12H,7H2,1-2H3;3-6,9,12H,7-8H2,1-2H3. The molecule has 0 aliphatic rings. The first-order valence-electron chi connectivity index (χ1n) is 8.89. The lowest BCUT2D eigenvalue weighted by Crippen LogP contribution is -2.15. The fourth-order valence-electron chi connectivity index (χ4n) is 2.58. The molecule has 0 bridgehead atoms. The van der Waals surface area contributed by atoms with Crippen molar-refractivity contribution in [2.45, 2.75) is 33.6 Å². The molecular formula is C22H30O4. The zero-order valence-corrected chi connectivity index (χ0v) is 16.1. The van der Waals surface area contributed by atoms with Crippen LogP contribution in [0.25, 0.3) is 0 Å². The molecule has 0 heterocycles. The Morgan fingerprint density at radius 2 is 1.58 bits per heavy atom. The van der Waals surface area contributed by atoms with Crippen LogP contribution in [0.5, 0.6) is 5.75 Å². The van der Waals surface area contributed by atoms with Crippen LogP contribution >= 0.6 is 0 Å². The first kappa shape index (κ1) is 21.7. The minimum Gasteiger partial charge on any atom is -0.508 e. The van der Waals surface area contributed by atoms with Crippen LogP contribution < -0.4 is 0 Å². The molecule has 2 N–H and O–H groups in total. The molecule has 2 aromatic carbocycles. The zero-order chi connectivity index (χ0) is 19.5. The maximum absolute atomic E-state index is 11.1. The second-order valence-electron chi connectivity index (χ2n) is 6.68. The minimum absolute atomic E-state index is 0.225. The van der Waals surface area contributed by atoms with Gasteiger partial charge in [-0.05, 0) is 48.4 Å². The number of ether oxygens (including phenoxy) is 1. The largest absolute Gasteiger partial charge is 0.508 e. The van der Waals surface area contributed by atoms with Gasteiger partial charge in [-0.2, -0.15) is 0 Å². The number of methoxy groups -OCH3 is 1. The second-order valence-corrected chi connectivity index (χ2v) is 6.68. The maximum Gasteiger partial charge on any atom is 0.308 e. The van der Waals surface area contributed by atoms with E-state index in [-0.39, 0.29) is 24.2 Å². The Hall–Kier alpha value is -2.33. The molecule has 0 aliphatic carbocycles. The van der Waals surface area contributed by atoms with Crippen molar-refractivity contribution >= 4 is 5.97 Å². The van der Waals surface area contributed by atoms with Gasteiger partial charge in [-0.3, -0.25) is 4.79 Å². The van der Waals surface area contributed by atoms with Gasteiger partial charge in [-0.15, -0.1) is 0 Å². The number of phenolic OH excluding ortho intramolecular Hbond substituents is 1. The van der Waals surface area contributed by atoms with E-state index in [2.05, 4.69) is 30.7 Å². The number of para-hydroxylation sites is 1. The fourth-order valence-corrected chi connectivity index (χ4v) is 2.58. The summed E-state index contributed by atoms with van der Waals surface area (Å²) in [5.41, 5.74) is 3.43. The highest BCUT2D eigenvalue weighted by Gasteiger charge is 2.15. The van der Waals surface area contributed by atoms with Gasteiger partial charge in [0, 0.05) is 6.61 Å². The van der Waals surface area contributed by atoms with Crippen molar-refractivity contribution in [2.24, 2.45) is 11.8 Å². The molecule has 2 rings (SSSR count). The lowest BCUT2D eigenvalue weighted by atomic mass is 9.98. The van der Waals surface area contributed by atoms with E-state index in [1.165, 1.54) is 18.2 Å². The van der Waals surface area contributed by atoms with Gasteiger partial charge in [0.25, 0.3) is 0 Å². The van der Waals surface area contributed by atoms with Crippen LogP contribution in [0, 0.1) is 18.8 Å². The predicted octanol–water partition coefficient (Wildman–Crippen LogP) is 3.91. The molecule has 0 saturated heterocycles. The Morgan fingerprint density at radius 3 is 2.12 bits per heavy atom. The monoisotopic (exact) mass is 358 g/mol. The van der Waals surface area contributed by atoms with E-state index in [9.17, 15) is 9.90 Å². The number of aliphatic hydroxyl groups excluding tert-OH is 1. The number of aryl methyl sites for hydroxylation is 1. The van der Waals surface area contributed by atoms with Gasteiger partial charge in [0.15, 0.2) is 0 Å². The molecule has 142 valence electrons. The van der Waals surface area contributed by atoms with Crippen molar-refractivity contribution in [1.82, 2.24) is 0 Å². The lowest BCUT2D eigenvalue weighted by Gasteiger charge is -2.09. The Kier molecular flexibility index (Phi) is 9.45. The van der Waals surface area contributed by atoms with Gasteiger partial charge >= 0.3 is 5.97 Å². The van der Waals surface area contributed by atoms with E-state index in [1.807, 2.05) is 18.2 Å². The topological polar surface area (TPSA) is 66.8 Å². The van der Waals surface area contributed by atoms with Gasteiger partial charge in [-0.25, -0.2) is 0 Å². The molecule has 2 atom stereocenters. The molecule has 2 aromatic rings.